The molecule has 0 spiro atoms. The van der Waals surface area contributed by atoms with E-state index in [0.29, 0.717) is 23.8 Å². The summed E-state index contributed by atoms with van der Waals surface area (Å²) >= 11 is 1.21. The Kier molecular flexibility index (Phi) is 5.24. The third-order valence-electron chi connectivity index (χ3n) is 4.33. The maximum absolute atomic E-state index is 12.3. The Balaban J connectivity index is 1.61. The number of rotatable bonds is 5. The molecule has 1 aliphatic carbocycles. The topological polar surface area (TPSA) is 110 Å². The van der Waals surface area contributed by atoms with Gasteiger partial charge in [-0.25, -0.2) is 4.68 Å². The SMILES string of the molecule is N#CC1(NC(=O)CSc2nnc(-c3ccccc3)n2N)CCCCC1. The molecule has 8 heteroatoms. The van der Waals surface area contributed by atoms with Gasteiger partial charge in [0.2, 0.25) is 11.1 Å². The van der Waals surface area contributed by atoms with Crippen molar-refractivity contribution >= 4 is 17.7 Å². The number of nitriles is 1. The Morgan fingerprint density at radius 3 is 2.68 bits per heavy atom. The van der Waals surface area contributed by atoms with Gasteiger partial charge in [0.05, 0.1) is 11.8 Å². The molecule has 1 aliphatic rings. The van der Waals surface area contributed by atoms with Crippen molar-refractivity contribution in [3.63, 3.8) is 0 Å². The number of hydrogen-bond donors (Lipinski definition) is 2. The van der Waals surface area contributed by atoms with Gasteiger partial charge in [-0.15, -0.1) is 10.2 Å². The van der Waals surface area contributed by atoms with Crippen molar-refractivity contribution in [3.8, 4) is 17.5 Å². The van der Waals surface area contributed by atoms with Crippen LogP contribution in [0.1, 0.15) is 32.1 Å². The van der Waals surface area contributed by atoms with Crippen LogP contribution < -0.4 is 11.2 Å². The van der Waals surface area contributed by atoms with Crippen LogP contribution in [0.3, 0.4) is 0 Å². The second-order valence-electron chi connectivity index (χ2n) is 6.13. The average molecular weight is 356 g/mol. The molecule has 7 nitrogen and oxygen atoms in total. The third-order valence-corrected chi connectivity index (χ3v) is 5.27. The van der Waals surface area contributed by atoms with Crippen LogP contribution in [0.5, 0.6) is 0 Å². The molecular weight excluding hydrogens is 336 g/mol. The number of hydrogen-bond acceptors (Lipinski definition) is 6. The number of nitrogens with two attached hydrogens (primary N) is 1. The first-order chi connectivity index (χ1) is 12.1. The van der Waals surface area contributed by atoms with Crippen LogP contribution >= 0.6 is 11.8 Å². The van der Waals surface area contributed by atoms with Gasteiger partial charge in [0, 0.05) is 5.56 Å². The summed E-state index contributed by atoms with van der Waals surface area (Å²) in [6.07, 6.45) is 4.49. The van der Waals surface area contributed by atoms with E-state index in [4.69, 9.17) is 5.84 Å². The molecule has 3 rings (SSSR count). The van der Waals surface area contributed by atoms with Gasteiger partial charge in [-0.3, -0.25) is 4.79 Å². The highest BCUT2D eigenvalue weighted by Crippen LogP contribution is 2.28. The number of thioether (sulfide) groups is 1. The minimum absolute atomic E-state index is 0.146. The Hall–Kier alpha value is -2.53. The molecule has 2 aromatic rings. The number of nitrogens with one attached hydrogen (secondary N) is 1. The molecule has 0 aliphatic heterocycles. The highest BCUT2D eigenvalue weighted by atomic mass is 32.2. The van der Waals surface area contributed by atoms with Crippen molar-refractivity contribution in [1.82, 2.24) is 20.2 Å². The summed E-state index contributed by atoms with van der Waals surface area (Å²) in [7, 11) is 0. The summed E-state index contributed by atoms with van der Waals surface area (Å²) in [5.41, 5.74) is 0.140. The number of carbonyl (C=O) groups is 1. The van der Waals surface area contributed by atoms with E-state index in [1.165, 1.54) is 16.4 Å². The van der Waals surface area contributed by atoms with E-state index in [1.54, 1.807) is 0 Å². The van der Waals surface area contributed by atoms with E-state index >= 15 is 0 Å². The zero-order valence-corrected chi connectivity index (χ0v) is 14.6. The minimum Gasteiger partial charge on any atom is -0.337 e. The number of nitrogens with zero attached hydrogens (tertiary/aromatic N) is 4. The smallest absolute Gasteiger partial charge is 0.231 e. The first kappa shape index (κ1) is 17.3. The molecule has 1 aromatic carbocycles. The molecule has 0 atom stereocenters. The Morgan fingerprint density at radius 2 is 2.00 bits per heavy atom. The summed E-state index contributed by atoms with van der Waals surface area (Å²) in [6.45, 7) is 0. The number of benzene rings is 1. The Bertz CT molecular complexity index is 776. The van der Waals surface area contributed by atoms with Gasteiger partial charge in [0.25, 0.3) is 0 Å². The van der Waals surface area contributed by atoms with E-state index in [0.717, 1.165) is 24.8 Å². The standard InChI is InChI=1S/C17H20N6OS/c18-12-17(9-5-2-6-10-17)20-14(24)11-25-16-22-21-15(23(16)19)13-7-3-1-4-8-13/h1,3-4,7-8H,2,5-6,9-11,19H2,(H,20,24). The van der Waals surface area contributed by atoms with E-state index in [9.17, 15) is 10.1 Å². The zero-order chi connectivity index (χ0) is 17.7. The molecule has 0 bridgehead atoms. The van der Waals surface area contributed by atoms with Gasteiger partial charge in [-0.05, 0) is 12.8 Å². The number of amides is 1. The van der Waals surface area contributed by atoms with Crippen LogP contribution in [-0.4, -0.2) is 32.1 Å². The van der Waals surface area contributed by atoms with Gasteiger partial charge in [0.1, 0.15) is 5.54 Å². The normalized spacial score (nSPS) is 16.1. The molecule has 0 unspecified atom stereocenters. The molecule has 1 heterocycles. The van der Waals surface area contributed by atoms with Crippen LogP contribution in [0.15, 0.2) is 35.5 Å². The average Bonchev–Trinajstić information content (AvgIpc) is 3.02. The first-order valence-electron chi connectivity index (χ1n) is 8.24. The molecule has 130 valence electrons. The lowest BCUT2D eigenvalue weighted by molar-refractivity contribution is -0.120. The maximum Gasteiger partial charge on any atom is 0.231 e. The lowest BCUT2D eigenvalue weighted by Gasteiger charge is -2.31. The molecule has 0 radical (unpaired) electrons. The third kappa shape index (κ3) is 3.94. The van der Waals surface area contributed by atoms with E-state index in [2.05, 4.69) is 21.6 Å². The van der Waals surface area contributed by atoms with Crippen molar-refractivity contribution in [2.75, 3.05) is 11.6 Å². The molecule has 1 fully saturated rings. The fourth-order valence-electron chi connectivity index (χ4n) is 3.01. The van der Waals surface area contributed by atoms with Gasteiger partial charge >= 0.3 is 0 Å². The maximum atomic E-state index is 12.3. The Morgan fingerprint density at radius 1 is 1.28 bits per heavy atom. The largest absolute Gasteiger partial charge is 0.337 e. The first-order valence-corrected chi connectivity index (χ1v) is 9.23. The number of carbonyl (C=O) groups excluding carboxylic acids is 1. The molecular formula is C17H20N6OS. The molecule has 0 saturated heterocycles. The van der Waals surface area contributed by atoms with Crippen molar-refractivity contribution in [2.45, 2.75) is 42.8 Å². The summed E-state index contributed by atoms with van der Waals surface area (Å²) in [5.74, 6) is 6.55. The summed E-state index contributed by atoms with van der Waals surface area (Å²) < 4.78 is 1.38. The number of nitrogen functional groups attached to an aromatic ring is 1. The second kappa shape index (κ2) is 7.57. The lowest BCUT2D eigenvalue weighted by atomic mass is 9.83. The fourth-order valence-corrected chi connectivity index (χ4v) is 3.67. The van der Waals surface area contributed by atoms with Crippen LogP contribution in [0.25, 0.3) is 11.4 Å². The van der Waals surface area contributed by atoms with Gasteiger partial charge in [-0.1, -0.05) is 61.4 Å². The molecule has 1 amide bonds. The lowest BCUT2D eigenvalue weighted by Crippen LogP contribution is -2.49. The predicted molar refractivity (Wildman–Crippen MR) is 95.9 cm³/mol. The fraction of sp³-hybridized carbons (Fsp3) is 0.412. The predicted octanol–water partition coefficient (Wildman–Crippen LogP) is 2.09. The quantitative estimate of drug-likeness (QED) is 0.627. The summed E-state index contributed by atoms with van der Waals surface area (Å²) in [4.78, 5) is 12.3. The van der Waals surface area contributed by atoms with Gasteiger partial charge < -0.3 is 11.2 Å². The van der Waals surface area contributed by atoms with Crippen LogP contribution in [0, 0.1) is 11.3 Å². The zero-order valence-electron chi connectivity index (χ0n) is 13.8. The van der Waals surface area contributed by atoms with Crippen LogP contribution in [0.2, 0.25) is 0 Å². The second-order valence-corrected chi connectivity index (χ2v) is 7.08. The summed E-state index contributed by atoms with van der Waals surface area (Å²) in [6, 6.07) is 11.8. The highest BCUT2D eigenvalue weighted by Gasteiger charge is 2.33. The molecule has 1 aromatic heterocycles. The van der Waals surface area contributed by atoms with Crippen LogP contribution in [0.4, 0.5) is 0 Å². The molecule has 25 heavy (non-hydrogen) atoms. The van der Waals surface area contributed by atoms with E-state index in [1.807, 2.05) is 30.3 Å². The molecule has 3 N–H and O–H groups in total. The van der Waals surface area contributed by atoms with Crippen LogP contribution in [-0.2, 0) is 4.79 Å². The van der Waals surface area contributed by atoms with Crippen molar-refractivity contribution in [2.24, 2.45) is 0 Å². The number of aromatic nitrogens is 3. The van der Waals surface area contributed by atoms with Crippen molar-refractivity contribution in [1.29, 1.82) is 5.26 Å². The minimum atomic E-state index is -0.721. The van der Waals surface area contributed by atoms with Gasteiger partial charge in [-0.2, -0.15) is 5.26 Å². The molecule has 1 saturated carbocycles. The van der Waals surface area contributed by atoms with Gasteiger partial charge in [0.15, 0.2) is 5.82 Å². The van der Waals surface area contributed by atoms with Crippen molar-refractivity contribution in [3.05, 3.63) is 30.3 Å². The van der Waals surface area contributed by atoms with E-state index < -0.39 is 5.54 Å². The highest BCUT2D eigenvalue weighted by molar-refractivity contribution is 7.99. The monoisotopic (exact) mass is 356 g/mol. The van der Waals surface area contributed by atoms with Crippen molar-refractivity contribution < 1.29 is 4.79 Å². The van der Waals surface area contributed by atoms with E-state index in [-0.39, 0.29) is 11.7 Å². The summed E-state index contributed by atoms with van der Waals surface area (Å²) in [5, 5.41) is 20.9. The Labute approximate surface area is 150 Å².